The molecule has 0 radical (unpaired) electrons. The van der Waals surface area contributed by atoms with E-state index in [4.69, 9.17) is 4.74 Å². The minimum Gasteiger partial charge on any atom is -0.444 e. The van der Waals surface area contributed by atoms with E-state index in [1.54, 1.807) is 7.05 Å². The molecule has 1 aliphatic heterocycles. The van der Waals surface area contributed by atoms with Gasteiger partial charge in [-0.05, 0) is 40.5 Å². The van der Waals surface area contributed by atoms with Gasteiger partial charge in [-0.2, -0.15) is 0 Å². The number of carbonyl (C=O) groups is 2. The Morgan fingerprint density at radius 3 is 2.40 bits per heavy atom. The average molecular weight is 355 g/mol. The average Bonchev–Trinajstić information content (AvgIpc) is 3.04. The van der Waals surface area contributed by atoms with Gasteiger partial charge in [0.25, 0.3) is 0 Å². The molecule has 0 spiro atoms. The van der Waals surface area contributed by atoms with E-state index < -0.39 is 5.60 Å². The molecule has 0 saturated carbocycles. The zero-order valence-corrected chi connectivity index (χ0v) is 16.2. The van der Waals surface area contributed by atoms with Crippen LogP contribution in [0.1, 0.15) is 40.5 Å². The summed E-state index contributed by atoms with van der Waals surface area (Å²) < 4.78 is 5.30. The van der Waals surface area contributed by atoms with Gasteiger partial charge in [0.2, 0.25) is 5.91 Å². The number of nitrogens with one attached hydrogen (secondary N) is 2. The highest BCUT2D eigenvalue weighted by atomic mass is 16.6. The van der Waals surface area contributed by atoms with Crippen molar-refractivity contribution in [2.75, 3.05) is 46.3 Å². The van der Waals surface area contributed by atoms with Gasteiger partial charge in [-0.25, -0.2) is 9.79 Å². The number of ether oxygens (including phenoxy) is 1. The Labute approximate surface area is 151 Å². The molecule has 0 unspecified atom stereocenters. The molecule has 0 atom stereocenters. The Bertz CT molecular complexity index is 467. The van der Waals surface area contributed by atoms with Crippen LogP contribution in [0, 0.1) is 0 Å². The van der Waals surface area contributed by atoms with Gasteiger partial charge in [-0.3, -0.25) is 4.79 Å². The number of aliphatic imine (C=N–C) groups is 1. The molecular weight excluding hydrogens is 322 g/mol. The monoisotopic (exact) mass is 355 g/mol. The first-order chi connectivity index (χ1) is 11.7. The van der Waals surface area contributed by atoms with Crippen LogP contribution < -0.4 is 10.6 Å². The van der Waals surface area contributed by atoms with Crippen LogP contribution in [-0.4, -0.2) is 79.7 Å². The number of rotatable bonds is 6. The van der Waals surface area contributed by atoms with Gasteiger partial charge in [-0.15, -0.1) is 0 Å². The van der Waals surface area contributed by atoms with Gasteiger partial charge in [0, 0.05) is 39.8 Å². The number of nitrogens with zero attached hydrogens (tertiary/aromatic N) is 3. The molecule has 1 rings (SSSR count). The van der Waals surface area contributed by atoms with Gasteiger partial charge in [0.05, 0.1) is 0 Å². The second-order valence-electron chi connectivity index (χ2n) is 7.11. The molecule has 0 bridgehead atoms. The van der Waals surface area contributed by atoms with E-state index in [2.05, 4.69) is 15.6 Å². The number of hydrogen-bond donors (Lipinski definition) is 2. The zero-order chi connectivity index (χ0) is 18.9. The molecule has 8 nitrogen and oxygen atoms in total. The van der Waals surface area contributed by atoms with E-state index in [1.807, 2.05) is 32.6 Å². The summed E-state index contributed by atoms with van der Waals surface area (Å²) in [5, 5.41) is 6.24. The third kappa shape index (κ3) is 8.60. The zero-order valence-electron chi connectivity index (χ0n) is 16.2. The minimum atomic E-state index is -0.509. The lowest BCUT2D eigenvalue weighted by atomic mass is 10.2. The van der Waals surface area contributed by atoms with Crippen LogP contribution in [0.4, 0.5) is 4.79 Å². The van der Waals surface area contributed by atoms with Crippen LogP contribution in [0.3, 0.4) is 0 Å². The Hall–Kier alpha value is -1.99. The maximum atomic E-state index is 12.1. The molecule has 2 amide bonds. The van der Waals surface area contributed by atoms with E-state index in [1.165, 1.54) is 4.90 Å². The summed E-state index contributed by atoms with van der Waals surface area (Å²) in [6.45, 7) is 11.0. The molecule has 1 aliphatic rings. The number of hydrogen-bond acceptors (Lipinski definition) is 4. The van der Waals surface area contributed by atoms with Crippen LogP contribution in [0.2, 0.25) is 0 Å². The van der Waals surface area contributed by atoms with E-state index in [9.17, 15) is 9.59 Å². The highest BCUT2D eigenvalue weighted by molar-refractivity contribution is 5.85. The Balaban J connectivity index is 2.40. The van der Waals surface area contributed by atoms with Crippen molar-refractivity contribution in [3.8, 4) is 0 Å². The van der Waals surface area contributed by atoms with Crippen LogP contribution in [0.15, 0.2) is 4.99 Å². The Morgan fingerprint density at radius 2 is 1.84 bits per heavy atom. The fraction of sp³-hybridized carbons (Fsp3) is 0.824. The van der Waals surface area contributed by atoms with Crippen LogP contribution in [0.25, 0.3) is 0 Å². The first kappa shape index (κ1) is 21.1. The molecule has 1 fully saturated rings. The van der Waals surface area contributed by atoms with Crippen molar-refractivity contribution in [3.05, 3.63) is 0 Å². The lowest BCUT2D eigenvalue weighted by Crippen LogP contribution is -2.43. The summed E-state index contributed by atoms with van der Waals surface area (Å²) in [6.07, 6.45) is 1.79. The summed E-state index contributed by atoms with van der Waals surface area (Å²) in [7, 11) is 1.69. The van der Waals surface area contributed by atoms with E-state index >= 15 is 0 Å². The normalized spacial score (nSPS) is 15.1. The molecule has 0 aromatic heterocycles. The number of carbonyl (C=O) groups excluding carboxylic acids is 2. The second-order valence-corrected chi connectivity index (χ2v) is 7.11. The largest absolute Gasteiger partial charge is 0.444 e. The number of guanidine groups is 1. The third-order valence-corrected chi connectivity index (χ3v) is 3.62. The Morgan fingerprint density at radius 1 is 1.20 bits per heavy atom. The standard InChI is InChI=1S/C17H33N5O3/c1-6-18-15(20-13-14(23)22-10-7-8-11-22)19-9-12-21(5)16(24)25-17(2,3)4/h6-13H2,1-5H3,(H2,18,19,20). The number of likely N-dealkylation sites (tertiary alicyclic amines) is 1. The highest BCUT2D eigenvalue weighted by Gasteiger charge is 2.19. The van der Waals surface area contributed by atoms with Crippen molar-refractivity contribution in [2.45, 2.75) is 46.1 Å². The Kier molecular flexibility index (Phi) is 8.51. The molecule has 144 valence electrons. The molecule has 1 saturated heterocycles. The fourth-order valence-corrected chi connectivity index (χ4v) is 2.33. The lowest BCUT2D eigenvalue weighted by molar-refractivity contribution is -0.128. The topological polar surface area (TPSA) is 86.3 Å². The molecule has 0 aromatic rings. The lowest BCUT2D eigenvalue weighted by Gasteiger charge is -2.25. The molecule has 25 heavy (non-hydrogen) atoms. The third-order valence-electron chi connectivity index (χ3n) is 3.62. The molecule has 2 N–H and O–H groups in total. The van der Waals surface area contributed by atoms with Gasteiger partial charge >= 0.3 is 6.09 Å². The van der Waals surface area contributed by atoms with Gasteiger partial charge in [0.15, 0.2) is 5.96 Å². The van der Waals surface area contributed by atoms with Gasteiger partial charge in [-0.1, -0.05) is 0 Å². The summed E-state index contributed by atoms with van der Waals surface area (Å²) in [5.41, 5.74) is -0.509. The summed E-state index contributed by atoms with van der Waals surface area (Å²) in [5.74, 6) is 0.633. The van der Waals surface area contributed by atoms with Crippen LogP contribution in [0.5, 0.6) is 0 Å². The molecule has 8 heteroatoms. The van der Waals surface area contributed by atoms with E-state index in [-0.39, 0.29) is 18.5 Å². The van der Waals surface area contributed by atoms with E-state index in [0.717, 1.165) is 25.9 Å². The molecular formula is C17H33N5O3. The number of amides is 2. The maximum absolute atomic E-state index is 12.1. The summed E-state index contributed by atoms with van der Waals surface area (Å²) in [4.78, 5) is 31.6. The minimum absolute atomic E-state index is 0.0561. The molecule has 0 aliphatic carbocycles. The predicted molar refractivity (Wildman–Crippen MR) is 98.7 cm³/mol. The maximum Gasteiger partial charge on any atom is 0.410 e. The van der Waals surface area contributed by atoms with Crippen molar-refractivity contribution in [2.24, 2.45) is 4.99 Å². The fourth-order valence-electron chi connectivity index (χ4n) is 2.33. The van der Waals surface area contributed by atoms with E-state index in [0.29, 0.717) is 25.6 Å². The SMILES string of the molecule is CCNC(=NCC(=O)N1CCCC1)NCCN(C)C(=O)OC(C)(C)C. The first-order valence-electron chi connectivity index (χ1n) is 8.97. The highest BCUT2D eigenvalue weighted by Crippen LogP contribution is 2.09. The van der Waals surface area contributed by atoms with Crippen LogP contribution in [-0.2, 0) is 9.53 Å². The van der Waals surface area contributed by atoms with Crippen molar-refractivity contribution in [1.29, 1.82) is 0 Å². The summed E-state index contributed by atoms with van der Waals surface area (Å²) >= 11 is 0. The quantitative estimate of drug-likeness (QED) is 0.549. The smallest absolute Gasteiger partial charge is 0.410 e. The van der Waals surface area contributed by atoms with Gasteiger partial charge in [0.1, 0.15) is 12.1 Å². The van der Waals surface area contributed by atoms with Crippen LogP contribution >= 0.6 is 0 Å². The van der Waals surface area contributed by atoms with Crippen molar-refractivity contribution < 1.29 is 14.3 Å². The number of likely N-dealkylation sites (N-methyl/N-ethyl adjacent to an activating group) is 1. The van der Waals surface area contributed by atoms with Crippen molar-refractivity contribution in [1.82, 2.24) is 20.4 Å². The van der Waals surface area contributed by atoms with Gasteiger partial charge < -0.3 is 25.2 Å². The molecule has 1 heterocycles. The second kappa shape index (κ2) is 10.1. The van der Waals surface area contributed by atoms with Crippen molar-refractivity contribution in [3.63, 3.8) is 0 Å². The molecule has 0 aromatic carbocycles. The summed E-state index contributed by atoms with van der Waals surface area (Å²) in [6, 6.07) is 0. The van der Waals surface area contributed by atoms with Crippen molar-refractivity contribution >= 4 is 18.0 Å². The predicted octanol–water partition coefficient (Wildman–Crippen LogP) is 1.03. The first-order valence-corrected chi connectivity index (χ1v) is 8.97.